The summed E-state index contributed by atoms with van der Waals surface area (Å²) >= 11 is 0. The lowest BCUT2D eigenvalue weighted by atomic mass is 9.75. The lowest BCUT2D eigenvalue weighted by Crippen LogP contribution is -2.50. The van der Waals surface area contributed by atoms with Crippen LogP contribution in [-0.4, -0.2) is 56.1 Å². The fraction of sp³-hybridized carbons (Fsp3) is 0.191. The molecule has 12 nitrogen and oxygen atoms in total. The van der Waals surface area contributed by atoms with E-state index in [9.17, 15) is 24.3 Å². The number of carbonyl (C=O) groups is 3. The van der Waals surface area contributed by atoms with Gasteiger partial charge in [0.15, 0.2) is 5.88 Å². The van der Waals surface area contributed by atoms with Gasteiger partial charge in [-0.2, -0.15) is 0 Å². The maximum atomic E-state index is 14.5. The number of methoxy groups -OCH3 is 1. The fourth-order valence-corrected chi connectivity index (χ4v) is 9.53. The van der Waals surface area contributed by atoms with Crippen LogP contribution in [0.25, 0.3) is 27.5 Å². The second-order valence-electron chi connectivity index (χ2n) is 15.7. The Morgan fingerprint density at radius 1 is 0.831 bits per heavy atom. The Morgan fingerprint density at radius 3 is 2.36 bits per heavy atom. The first kappa shape index (κ1) is 36.2. The number of amides is 2. The highest BCUT2D eigenvalue weighted by molar-refractivity contribution is 6.56. The Labute approximate surface area is 337 Å². The number of nitrogens with zero attached hydrogens (tertiary/aromatic N) is 4. The highest BCUT2D eigenvalue weighted by Crippen LogP contribution is 2.56. The van der Waals surface area contributed by atoms with Crippen LogP contribution in [0, 0.1) is 17.8 Å². The molecule has 12 heteroatoms. The number of fused-ring (bicyclic) bond motifs is 10. The quantitative estimate of drug-likeness (QED) is 0.158. The molecule has 5 aromatic carbocycles. The van der Waals surface area contributed by atoms with E-state index in [1.807, 2.05) is 78.9 Å². The van der Waals surface area contributed by atoms with Crippen LogP contribution in [0.5, 0.6) is 11.6 Å². The van der Waals surface area contributed by atoms with Crippen molar-refractivity contribution in [3.05, 3.63) is 154 Å². The molecule has 3 N–H and O–H groups in total. The molecule has 4 aliphatic rings. The van der Waals surface area contributed by atoms with E-state index in [1.54, 1.807) is 54.1 Å². The Bertz CT molecular complexity index is 3020. The molecular weight excluding hydrogens is 745 g/mol. The van der Waals surface area contributed by atoms with Gasteiger partial charge in [0.05, 0.1) is 52.5 Å². The van der Waals surface area contributed by atoms with Crippen LogP contribution in [0.2, 0.25) is 0 Å². The number of aromatic amines is 1. The maximum Gasteiger partial charge on any atom is 0.266 e. The summed E-state index contributed by atoms with van der Waals surface area (Å²) in [6.45, 7) is 4.21. The number of Topliss-reactive ketones (excluding diaryl/α,β-unsaturated/α-hetero) is 1. The molecule has 0 radical (unpaired) electrons. The molecule has 4 aliphatic heterocycles. The molecule has 0 bridgehead atoms. The van der Waals surface area contributed by atoms with Gasteiger partial charge in [-0.1, -0.05) is 80.6 Å². The predicted octanol–water partition coefficient (Wildman–Crippen LogP) is 6.97. The number of H-pyrrole nitrogens is 1. The monoisotopic (exact) mass is 782 g/mol. The maximum absolute atomic E-state index is 14.5. The molecule has 2 aromatic heterocycles. The van der Waals surface area contributed by atoms with E-state index in [1.165, 1.54) is 4.90 Å². The lowest BCUT2D eigenvalue weighted by molar-refractivity contribution is -0.123. The standard InChI is InChI=1S/C31H28N4O4.C16H10N2O2/c1-17(2)15-23-25-26(29(38)34(28(25)37)18-9-8-10-19(16-18)39-3)31(33-23)21-12-5-7-14-24(21)35-27(36)20-11-4-6-13-22(20)32-30(31)35;19-15-10-6-2-4-8-12(10)17-14(15)13-9-5-1-3-7-11(9)18-16(13)20/h4-14,16-17,23,25-26,33H,15H2,1-3H3;1-8,18,20H/t23?,25-,26+,31?;/m0./s1. The van der Waals surface area contributed by atoms with Gasteiger partial charge in [0, 0.05) is 34.1 Å². The SMILES string of the molecule is COc1cccc(N2C(=O)[C@H]3C(CC(C)C)NC4(c5ccccc5-n5c4nc4ccccc4c5=O)[C@H]3C2=O)c1.O=C1C(c2c(O)[nH]c3ccccc23)=Nc2ccccc21. The van der Waals surface area contributed by atoms with Crippen LogP contribution >= 0.6 is 0 Å². The van der Waals surface area contributed by atoms with E-state index in [2.05, 4.69) is 29.1 Å². The third kappa shape index (κ3) is 5.25. The van der Waals surface area contributed by atoms with Crippen LogP contribution in [0.3, 0.4) is 0 Å². The van der Waals surface area contributed by atoms with Crippen molar-refractivity contribution in [1.82, 2.24) is 19.9 Å². The van der Waals surface area contributed by atoms with Crippen molar-refractivity contribution in [3.8, 4) is 17.3 Å². The molecule has 4 atom stereocenters. The third-order valence-electron chi connectivity index (χ3n) is 11.9. The van der Waals surface area contributed by atoms with Gasteiger partial charge in [0.2, 0.25) is 17.6 Å². The number of aromatic hydroxyl groups is 1. The number of nitrogens with one attached hydrogen (secondary N) is 2. The predicted molar refractivity (Wildman–Crippen MR) is 224 cm³/mol. The first-order valence-corrected chi connectivity index (χ1v) is 19.6. The molecule has 11 rings (SSSR count). The zero-order valence-electron chi connectivity index (χ0n) is 32.3. The van der Waals surface area contributed by atoms with Crippen LogP contribution in [0.1, 0.15) is 47.6 Å². The number of rotatable bonds is 5. The molecular formula is C47H38N6O6. The Kier molecular flexibility index (Phi) is 8.25. The highest BCUT2D eigenvalue weighted by atomic mass is 16.5. The van der Waals surface area contributed by atoms with Crippen molar-refractivity contribution < 1.29 is 24.2 Å². The van der Waals surface area contributed by atoms with Gasteiger partial charge in [-0.3, -0.25) is 29.1 Å². The van der Waals surface area contributed by atoms with Crippen molar-refractivity contribution in [2.75, 3.05) is 12.0 Å². The zero-order chi connectivity index (χ0) is 40.7. The van der Waals surface area contributed by atoms with E-state index in [0.717, 1.165) is 16.5 Å². The summed E-state index contributed by atoms with van der Waals surface area (Å²) < 4.78 is 7.01. The first-order valence-electron chi connectivity index (χ1n) is 19.6. The molecule has 2 unspecified atom stereocenters. The minimum Gasteiger partial charge on any atom is -0.497 e. The molecule has 1 spiro atoms. The molecule has 2 amide bonds. The molecule has 0 saturated carbocycles. The van der Waals surface area contributed by atoms with Crippen molar-refractivity contribution in [2.45, 2.75) is 31.8 Å². The summed E-state index contributed by atoms with van der Waals surface area (Å²) in [5, 5.41) is 15.2. The van der Waals surface area contributed by atoms with E-state index >= 15 is 0 Å². The number of hydrogen-bond acceptors (Lipinski definition) is 9. The fourth-order valence-electron chi connectivity index (χ4n) is 9.53. The van der Waals surface area contributed by atoms with Crippen molar-refractivity contribution in [3.63, 3.8) is 0 Å². The summed E-state index contributed by atoms with van der Waals surface area (Å²) in [6.07, 6.45) is 0.688. The largest absolute Gasteiger partial charge is 0.497 e. The normalized spacial score (nSPS) is 21.2. The number of ether oxygens (including phenoxy) is 1. The molecule has 2 saturated heterocycles. The Hall–Kier alpha value is -7.18. The summed E-state index contributed by atoms with van der Waals surface area (Å²) in [5.74, 6) is -0.815. The van der Waals surface area contributed by atoms with Crippen LogP contribution in [-0.2, 0) is 15.1 Å². The molecule has 292 valence electrons. The zero-order valence-corrected chi connectivity index (χ0v) is 32.3. The van der Waals surface area contributed by atoms with Crippen LogP contribution in [0.4, 0.5) is 11.4 Å². The number of carbonyl (C=O) groups excluding carboxylic acids is 3. The number of aromatic nitrogens is 3. The second kappa shape index (κ2) is 13.5. The number of para-hydroxylation sites is 4. The van der Waals surface area contributed by atoms with E-state index in [-0.39, 0.29) is 41.0 Å². The smallest absolute Gasteiger partial charge is 0.266 e. The second-order valence-corrected chi connectivity index (χ2v) is 15.7. The number of benzene rings is 5. The molecule has 0 aliphatic carbocycles. The Balaban J connectivity index is 0.000000176. The van der Waals surface area contributed by atoms with Gasteiger partial charge < -0.3 is 14.8 Å². The number of ketones is 1. The summed E-state index contributed by atoms with van der Waals surface area (Å²) in [4.78, 5) is 68.5. The average Bonchev–Trinajstić information content (AvgIpc) is 4.00. The minimum atomic E-state index is -1.13. The summed E-state index contributed by atoms with van der Waals surface area (Å²) in [5.41, 5.74) is 3.97. The summed E-state index contributed by atoms with van der Waals surface area (Å²) in [6, 6.07) is 36.3. The van der Waals surface area contributed by atoms with Crippen molar-refractivity contribution in [1.29, 1.82) is 0 Å². The van der Waals surface area contributed by atoms with Gasteiger partial charge in [-0.25, -0.2) is 14.9 Å². The molecule has 2 fully saturated rings. The van der Waals surface area contributed by atoms with E-state index in [0.29, 0.717) is 62.8 Å². The summed E-state index contributed by atoms with van der Waals surface area (Å²) in [7, 11) is 1.55. The van der Waals surface area contributed by atoms with Crippen molar-refractivity contribution >= 4 is 56.5 Å². The highest BCUT2D eigenvalue weighted by Gasteiger charge is 2.69. The first-order chi connectivity index (χ1) is 28.6. The minimum absolute atomic E-state index is 0.0221. The molecule has 59 heavy (non-hydrogen) atoms. The van der Waals surface area contributed by atoms with Crippen LogP contribution in [0.15, 0.2) is 131 Å². The van der Waals surface area contributed by atoms with Gasteiger partial charge in [-0.15, -0.1) is 0 Å². The van der Waals surface area contributed by atoms with Gasteiger partial charge in [0.1, 0.15) is 22.8 Å². The number of imide groups is 1. The van der Waals surface area contributed by atoms with E-state index < -0.39 is 17.4 Å². The van der Waals surface area contributed by atoms with Crippen LogP contribution < -0.4 is 20.5 Å². The van der Waals surface area contributed by atoms with Gasteiger partial charge in [-0.05, 0) is 60.9 Å². The lowest BCUT2D eigenvalue weighted by Gasteiger charge is -2.32. The number of hydrogen-bond donors (Lipinski definition) is 3. The van der Waals surface area contributed by atoms with Gasteiger partial charge in [0.25, 0.3) is 5.56 Å². The van der Waals surface area contributed by atoms with E-state index in [4.69, 9.17) is 9.72 Å². The molecule has 6 heterocycles. The topological polar surface area (TPSA) is 159 Å². The Morgan fingerprint density at radius 2 is 1.56 bits per heavy atom. The van der Waals surface area contributed by atoms with Gasteiger partial charge >= 0.3 is 0 Å². The van der Waals surface area contributed by atoms with Crippen molar-refractivity contribution in [2.24, 2.45) is 22.7 Å². The third-order valence-corrected chi connectivity index (χ3v) is 11.9. The average molecular weight is 783 g/mol. The number of anilines is 1. The molecule has 7 aromatic rings. The number of aliphatic imine (C=N–C) groups is 1.